The van der Waals surface area contributed by atoms with Crippen molar-refractivity contribution in [1.82, 2.24) is 0 Å². The van der Waals surface area contributed by atoms with Crippen molar-refractivity contribution >= 4 is 11.6 Å². The third-order valence-corrected chi connectivity index (χ3v) is 8.75. The van der Waals surface area contributed by atoms with Gasteiger partial charge in [-0.3, -0.25) is 9.59 Å². The van der Waals surface area contributed by atoms with Crippen molar-refractivity contribution < 1.29 is 19.8 Å². The van der Waals surface area contributed by atoms with E-state index in [1.54, 1.807) is 13.8 Å². The van der Waals surface area contributed by atoms with Crippen LogP contribution in [0.15, 0.2) is 154 Å². The molecular formula is C44H56O4. The van der Waals surface area contributed by atoms with E-state index < -0.39 is 12.2 Å². The van der Waals surface area contributed by atoms with Crippen LogP contribution in [0.2, 0.25) is 0 Å². The molecular weight excluding hydrogens is 592 g/mol. The van der Waals surface area contributed by atoms with Crippen LogP contribution in [-0.4, -0.2) is 34.0 Å². The lowest BCUT2D eigenvalue weighted by molar-refractivity contribution is -0.126. The highest BCUT2D eigenvalue weighted by molar-refractivity contribution is 6.01. The second-order valence-corrected chi connectivity index (χ2v) is 14.2. The van der Waals surface area contributed by atoms with Gasteiger partial charge < -0.3 is 10.2 Å². The van der Waals surface area contributed by atoms with Crippen LogP contribution in [-0.2, 0) is 9.59 Å². The van der Waals surface area contributed by atoms with Gasteiger partial charge in [0.15, 0.2) is 11.6 Å². The van der Waals surface area contributed by atoms with Crippen LogP contribution in [0.5, 0.6) is 0 Å². The minimum atomic E-state index is -0.906. The van der Waals surface area contributed by atoms with E-state index >= 15 is 0 Å². The molecule has 0 heterocycles. The Morgan fingerprint density at radius 1 is 0.521 bits per heavy atom. The lowest BCUT2D eigenvalue weighted by Crippen LogP contribution is -2.35. The van der Waals surface area contributed by atoms with E-state index in [2.05, 4.69) is 65.8 Å². The van der Waals surface area contributed by atoms with Crippen molar-refractivity contribution in [3.05, 3.63) is 154 Å². The molecule has 0 aliphatic heterocycles. The van der Waals surface area contributed by atoms with Crippen LogP contribution < -0.4 is 0 Å². The number of ketones is 2. The maximum atomic E-state index is 12.2. The molecule has 0 saturated heterocycles. The van der Waals surface area contributed by atoms with E-state index in [4.69, 9.17) is 0 Å². The summed E-state index contributed by atoms with van der Waals surface area (Å²) in [5.74, 6) is -0.347. The summed E-state index contributed by atoms with van der Waals surface area (Å²) in [7, 11) is 0. The fourth-order valence-corrected chi connectivity index (χ4v) is 5.88. The Hall–Kier alpha value is -4.12. The number of hydrogen-bond donors (Lipinski definition) is 2. The van der Waals surface area contributed by atoms with E-state index in [0.29, 0.717) is 24.0 Å². The topological polar surface area (TPSA) is 74.6 Å². The van der Waals surface area contributed by atoms with Crippen LogP contribution in [0, 0.1) is 10.8 Å². The standard InChI is InChI=1S/C44H56O4/c1-31(21-17-23-33(3)25-27-37-35(5)41(47)39(45)29-43(37,7)8)19-15-13-11-12-14-16-20-32(2)22-18-24-34(4)26-28-38-36(6)42(48)40(46)30-44(38,9)10/h11-28,39-40,45-46H,29-30H2,1-10H3/b12-11+,15-13+,16-14+,21-17+,22-18+,27-25+,28-26+,31-19+,32-20+,33-23+,34-24+/t39-,40-/m0/s1. The first-order chi connectivity index (χ1) is 22.5. The lowest BCUT2D eigenvalue weighted by atomic mass is 9.71. The van der Waals surface area contributed by atoms with Crippen LogP contribution in [0.4, 0.5) is 0 Å². The maximum Gasteiger partial charge on any atom is 0.187 e. The molecule has 2 N–H and O–H groups in total. The van der Waals surface area contributed by atoms with Crippen molar-refractivity contribution in [2.24, 2.45) is 10.8 Å². The molecule has 0 aromatic carbocycles. The summed E-state index contributed by atoms with van der Waals surface area (Å²) in [5.41, 5.74) is 7.18. The number of aliphatic hydroxyl groups excluding tert-OH is 2. The smallest absolute Gasteiger partial charge is 0.187 e. The molecule has 0 saturated carbocycles. The second kappa shape index (κ2) is 18.4. The molecule has 0 aromatic heterocycles. The SMILES string of the molecule is CC1=C(/C=C/C(C)=C/C=C/C(C)=C/C=C/C=C/C=C/C=C(C)/C=C/C=C(C)/C=C/C2=C(C)C(=O)[C@@H](O)CC2(C)C)C(C)(C)C[C@H](O)C1=O. The van der Waals surface area contributed by atoms with E-state index in [1.165, 1.54) is 0 Å². The number of allylic oxidation sites excluding steroid dienone is 24. The molecule has 48 heavy (non-hydrogen) atoms. The Morgan fingerprint density at radius 2 is 0.812 bits per heavy atom. The summed E-state index contributed by atoms with van der Waals surface area (Å²) in [6, 6.07) is 0. The van der Waals surface area contributed by atoms with Crippen molar-refractivity contribution in [3.63, 3.8) is 0 Å². The summed E-state index contributed by atoms with van der Waals surface area (Å²) in [6.07, 6.45) is 35.4. The molecule has 0 bridgehead atoms. The van der Waals surface area contributed by atoms with Gasteiger partial charge in [0.1, 0.15) is 12.2 Å². The molecule has 2 rings (SSSR count). The first-order valence-corrected chi connectivity index (χ1v) is 16.7. The number of aliphatic hydroxyl groups is 2. The minimum Gasteiger partial charge on any atom is -0.385 e. The molecule has 4 heteroatoms. The van der Waals surface area contributed by atoms with Gasteiger partial charge >= 0.3 is 0 Å². The molecule has 0 aromatic rings. The van der Waals surface area contributed by atoms with E-state index in [1.807, 2.05) is 98.9 Å². The average Bonchev–Trinajstić information content (AvgIpc) is 2.99. The van der Waals surface area contributed by atoms with Crippen LogP contribution in [0.3, 0.4) is 0 Å². The van der Waals surface area contributed by atoms with Crippen LogP contribution in [0.25, 0.3) is 0 Å². The van der Waals surface area contributed by atoms with Gasteiger partial charge in [0.25, 0.3) is 0 Å². The third kappa shape index (κ3) is 12.5. The normalized spacial score (nSPS) is 23.8. The molecule has 2 atom stereocenters. The van der Waals surface area contributed by atoms with Crippen molar-refractivity contribution in [2.45, 2.75) is 94.3 Å². The number of hydrogen-bond acceptors (Lipinski definition) is 4. The van der Waals surface area contributed by atoms with Gasteiger partial charge in [-0.1, -0.05) is 159 Å². The van der Waals surface area contributed by atoms with Gasteiger partial charge in [0.05, 0.1) is 0 Å². The molecule has 2 aliphatic carbocycles. The molecule has 0 amide bonds. The highest BCUT2D eigenvalue weighted by Gasteiger charge is 2.37. The van der Waals surface area contributed by atoms with E-state index in [-0.39, 0.29) is 22.4 Å². The van der Waals surface area contributed by atoms with E-state index in [9.17, 15) is 19.8 Å². The lowest BCUT2D eigenvalue weighted by Gasteiger charge is -2.34. The largest absolute Gasteiger partial charge is 0.385 e. The predicted octanol–water partition coefficient (Wildman–Crippen LogP) is 10.0. The first kappa shape index (κ1) is 40.1. The Kier molecular flexibility index (Phi) is 15.4. The van der Waals surface area contributed by atoms with Gasteiger partial charge in [-0.05, 0) is 87.5 Å². The Labute approximate surface area is 289 Å². The Bertz CT molecular complexity index is 1490. The monoisotopic (exact) mass is 648 g/mol. The van der Waals surface area contributed by atoms with Crippen molar-refractivity contribution in [1.29, 1.82) is 0 Å². The van der Waals surface area contributed by atoms with Gasteiger partial charge in [-0.15, -0.1) is 0 Å². The zero-order valence-corrected chi connectivity index (χ0v) is 30.7. The van der Waals surface area contributed by atoms with Crippen LogP contribution >= 0.6 is 0 Å². The molecule has 0 fully saturated rings. The summed E-state index contributed by atoms with van der Waals surface area (Å²) < 4.78 is 0. The number of carbonyl (C=O) groups excluding carboxylic acids is 2. The average molecular weight is 649 g/mol. The fraction of sp³-hybridized carbons (Fsp3) is 0.364. The highest BCUT2D eigenvalue weighted by Crippen LogP contribution is 2.40. The zero-order valence-electron chi connectivity index (χ0n) is 30.7. The second-order valence-electron chi connectivity index (χ2n) is 14.2. The third-order valence-electron chi connectivity index (χ3n) is 8.75. The van der Waals surface area contributed by atoms with Gasteiger partial charge in [0.2, 0.25) is 0 Å². The highest BCUT2D eigenvalue weighted by atomic mass is 16.3. The minimum absolute atomic E-state index is 0.174. The van der Waals surface area contributed by atoms with Crippen molar-refractivity contribution in [3.8, 4) is 0 Å². The summed E-state index contributed by atoms with van der Waals surface area (Å²) >= 11 is 0. The molecule has 256 valence electrons. The molecule has 4 nitrogen and oxygen atoms in total. The Balaban J connectivity index is 1.86. The quantitative estimate of drug-likeness (QED) is 0.207. The van der Waals surface area contributed by atoms with Gasteiger partial charge in [0, 0.05) is 0 Å². The Morgan fingerprint density at radius 3 is 1.17 bits per heavy atom. The molecule has 0 spiro atoms. The zero-order chi connectivity index (χ0) is 36.1. The molecule has 0 unspecified atom stereocenters. The van der Waals surface area contributed by atoms with Crippen LogP contribution in [0.1, 0.15) is 82.1 Å². The number of Topliss-reactive ketones (excluding diaryl/α,β-unsaturated/α-hetero) is 2. The van der Waals surface area contributed by atoms with E-state index in [0.717, 1.165) is 33.4 Å². The predicted molar refractivity (Wildman–Crippen MR) is 203 cm³/mol. The fourth-order valence-electron chi connectivity index (χ4n) is 5.88. The van der Waals surface area contributed by atoms with Gasteiger partial charge in [-0.25, -0.2) is 0 Å². The maximum absolute atomic E-state index is 12.2. The van der Waals surface area contributed by atoms with Crippen molar-refractivity contribution in [2.75, 3.05) is 0 Å². The van der Waals surface area contributed by atoms with Gasteiger partial charge in [-0.2, -0.15) is 0 Å². The number of rotatable bonds is 12. The number of carbonyl (C=O) groups is 2. The summed E-state index contributed by atoms with van der Waals surface area (Å²) in [5, 5.41) is 20.1. The molecule has 0 radical (unpaired) electrons. The molecule has 2 aliphatic rings. The summed E-state index contributed by atoms with van der Waals surface area (Å²) in [4.78, 5) is 24.5. The summed E-state index contributed by atoms with van der Waals surface area (Å²) in [6.45, 7) is 20.0. The first-order valence-electron chi connectivity index (χ1n) is 16.7.